The van der Waals surface area contributed by atoms with E-state index in [0.717, 1.165) is 6.07 Å². The average molecular weight is 229 g/mol. The number of nitro benzene ring substituents is 1. The Morgan fingerprint density at radius 2 is 2.12 bits per heavy atom. The zero-order valence-electron chi connectivity index (χ0n) is 8.18. The molecule has 2 N–H and O–H groups in total. The molecule has 0 bridgehead atoms. The summed E-state index contributed by atoms with van der Waals surface area (Å²) in [6.07, 6.45) is -1.98. The Kier molecular flexibility index (Phi) is 3.19. The zero-order valence-corrected chi connectivity index (χ0v) is 8.18. The van der Waals surface area contributed by atoms with Gasteiger partial charge in [-0.1, -0.05) is 0 Å². The number of benzene rings is 1. The van der Waals surface area contributed by atoms with Crippen molar-refractivity contribution in [3.63, 3.8) is 0 Å². The van der Waals surface area contributed by atoms with Crippen LogP contribution < -0.4 is 0 Å². The standard InChI is InChI=1S/C9H8FNO5/c1-4-6(8(12)9(13)14)2-5(10)3-7(4)11(15)16/h2-3,8,12H,1H3,(H,13,14). The van der Waals surface area contributed by atoms with E-state index in [1.54, 1.807) is 0 Å². The molecule has 6 nitrogen and oxygen atoms in total. The van der Waals surface area contributed by atoms with Crippen molar-refractivity contribution in [3.8, 4) is 0 Å². The van der Waals surface area contributed by atoms with Crippen LogP contribution in [0.3, 0.4) is 0 Å². The minimum Gasteiger partial charge on any atom is -0.479 e. The number of hydrogen-bond donors (Lipinski definition) is 2. The molecule has 1 rings (SSSR count). The predicted octanol–water partition coefficient (Wildman–Crippen LogP) is 1.16. The largest absolute Gasteiger partial charge is 0.479 e. The molecule has 1 aromatic rings. The van der Waals surface area contributed by atoms with E-state index in [1.807, 2.05) is 0 Å². The van der Waals surface area contributed by atoms with Crippen molar-refractivity contribution < 1.29 is 24.3 Å². The van der Waals surface area contributed by atoms with Crippen molar-refractivity contribution in [2.24, 2.45) is 0 Å². The molecule has 0 radical (unpaired) electrons. The van der Waals surface area contributed by atoms with Gasteiger partial charge in [0.2, 0.25) is 0 Å². The number of rotatable bonds is 3. The normalized spacial score (nSPS) is 12.2. The smallest absolute Gasteiger partial charge is 0.337 e. The van der Waals surface area contributed by atoms with Crippen molar-refractivity contribution in [2.45, 2.75) is 13.0 Å². The fourth-order valence-electron chi connectivity index (χ4n) is 1.29. The van der Waals surface area contributed by atoms with Gasteiger partial charge in [0.05, 0.1) is 11.0 Å². The number of aliphatic carboxylic acids is 1. The first-order valence-corrected chi connectivity index (χ1v) is 4.20. The van der Waals surface area contributed by atoms with Gasteiger partial charge in [-0.05, 0) is 13.0 Å². The highest BCUT2D eigenvalue weighted by molar-refractivity contribution is 5.75. The molecule has 1 atom stereocenters. The van der Waals surface area contributed by atoms with E-state index >= 15 is 0 Å². The van der Waals surface area contributed by atoms with Crippen LogP contribution in [0.25, 0.3) is 0 Å². The summed E-state index contributed by atoms with van der Waals surface area (Å²) in [6.45, 7) is 1.25. The quantitative estimate of drug-likeness (QED) is 0.598. The second-order valence-electron chi connectivity index (χ2n) is 3.14. The Balaban J connectivity index is 3.40. The lowest BCUT2D eigenvalue weighted by molar-refractivity contribution is -0.385. The molecule has 0 saturated heterocycles. The van der Waals surface area contributed by atoms with Crippen LogP contribution in [0.1, 0.15) is 17.2 Å². The fourth-order valence-corrected chi connectivity index (χ4v) is 1.29. The summed E-state index contributed by atoms with van der Waals surface area (Å²) in [4.78, 5) is 20.2. The molecule has 7 heteroatoms. The van der Waals surface area contributed by atoms with Gasteiger partial charge in [-0.3, -0.25) is 10.1 Å². The first-order valence-electron chi connectivity index (χ1n) is 4.20. The lowest BCUT2D eigenvalue weighted by Crippen LogP contribution is -2.13. The molecule has 0 fully saturated rings. The van der Waals surface area contributed by atoms with Gasteiger partial charge in [0.1, 0.15) is 5.82 Å². The third-order valence-electron chi connectivity index (χ3n) is 2.11. The van der Waals surface area contributed by atoms with E-state index in [4.69, 9.17) is 5.11 Å². The van der Waals surface area contributed by atoms with Gasteiger partial charge < -0.3 is 10.2 Å². The Hall–Kier alpha value is -2.02. The Morgan fingerprint density at radius 1 is 1.56 bits per heavy atom. The van der Waals surface area contributed by atoms with Crippen molar-refractivity contribution >= 4 is 11.7 Å². The Morgan fingerprint density at radius 3 is 2.56 bits per heavy atom. The van der Waals surface area contributed by atoms with Gasteiger partial charge in [0, 0.05) is 11.1 Å². The third kappa shape index (κ3) is 2.14. The minimum absolute atomic E-state index is 0.0682. The van der Waals surface area contributed by atoms with Crippen LogP contribution in [0, 0.1) is 22.9 Å². The SMILES string of the molecule is Cc1c(C(O)C(=O)O)cc(F)cc1[N+](=O)[O-]. The number of nitro groups is 1. The molecule has 0 heterocycles. The lowest BCUT2D eigenvalue weighted by Gasteiger charge is -2.09. The molecule has 0 saturated carbocycles. The van der Waals surface area contributed by atoms with Gasteiger partial charge >= 0.3 is 5.97 Å². The number of carboxylic acids is 1. The number of nitrogens with zero attached hydrogens (tertiary/aromatic N) is 1. The van der Waals surface area contributed by atoms with E-state index in [2.05, 4.69) is 0 Å². The summed E-state index contributed by atoms with van der Waals surface area (Å²) in [5.41, 5.74) is -0.948. The molecule has 0 amide bonds. The van der Waals surface area contributed by atoms with Gasteiger partial charge in [0.15, 0.2) is 6.10 Å². The van der Waals surface area contributed by atoms with Crippen LogP contribution in [0.15, 0.2) is 12.1 Å². The van der Waals surface area contributed by atoms with Crippen molar-refractivity contribution in [1.29, 1.82) is 0 Å². The molecule has 1 aromatic carbocycles. The van der Waals surface area contributed by atoms with Gasteiger partial charge in [-0.2, -0.15) is 0 Å². The number of aliphatic hydroxyl groups is 1. The average Bonchev–Trinajstić information content (AvgIpc) is 2.19. The van der Waals surface area contributed by atoms with Gasteiger partial charge in [-0.25, -0.2) is 9.18 Å². The van der Waals surface area contributed by atoms with Crippen LogP contribution in [-0.2, 0) is 4.79 Å². The molecule has 0 aliphatic heterocycles. The number of carboxylic acid groups (broad SMARTS) is 1. The highest BCUT2D eigenvalue weighted by Gasteiger charge is 2.24. The summed E-state index contributed by atoms with van der Waals surface area (Å²) >= 11 is 0. The molecule has 0 aliphatic rings. The number of hydrogen-bond acceptors (Lipinski definition) is 4. The van der Waals surface area contributed by atoms with E-state index in [9.17, 15) is 24.4 Å². The highest BCUT2D eigenvalue weighted by Crippen LogP contribution is 2.27. The molecule has 0 aliphatic carbocycles. The van der Waals surface area contributed by atoms with E-state index in [-0.39, 0.29) is 11.1 Å². The third-order valence-corrected chi connectivity index (χ3v) is 2.11. The lowest BCUT2D eigenvalue weighted by atomic mass is 10.0. The monoisotopic (exact) mass is 229 g/mol. The number of aliphatic hydroxyl groups excluding tert-OH is 1. The Bertz CT molecular complexity index is 459. The molecular formula is C9H8FNO5. The maximum absolute atomic E-state index is 13.0. The van der Waals surface area contributed by atoms with Crippen molar-refractivity contribution in [1.82, 2.24) is 0 Å². The second kappa shape index (κ2) is 4.23. The van der Waals surface area contributed by atoms with Crippen LogP contribution in [0.5, 0.6) is 0 Å². The van der Waals surface area contributed by atoms with Crippen molar-refractivity contribution in [2.75, 3.05) is 0 Å². The fraction of sp³-hybridized carbons (Fsp3) is 0.222. The van der Waals surface area contributed by atoms with Crippen LogP contribution in [0.4, 0.5) is 10.1 Å². The topological polar surface area (TPSA) is 101 Å². The Labute approximate surface area is 89.1 Å². The van der Waals surface area contributed by atoms with E-state index in [1.165, 1.54) is 6.92 Å². The second-order valence-corrected chi connectivity index (χ2v) is 3.14. The van der Waals surface area contributed by atoms with E-state index in [0.29, 0.717) is 6.07 Å². The van der Waals surface area contributed by atoms with Crippen LogP contribution >= 0.6 is 0 Å². The minimum atomic E-state index is -1.98. The van der Waals surface area contributed by atoms with Crippen LogP contribution in [0.2, 0.25) is 0 Å². The summed E-state index contributed by atoms with van der Waals surface area (Å²) in [7, 11) is 0. The molecular weight excluding hydrogens is 221 g/mol. The first kappa shape index (κ1) is 12.1. The summed E-state index contributed by atoms with van der Waals surface area (Å²) < 4.78 is 13.0. The zero-order chi connectivity index (χ0) is 12.5. The summed E-state index contributed by atoms with van der Waals surface area (Å²) in [6, 6.07) is 1.44. The molecule has 0 aromatic heterocycles. The van der Waals surface area contributed by atoms with E-state index < -0.39 is 28.5 Å². The number of carbonyl (C=O) groups is 1. The van der Waals surface area contributed by atoms with Gasteiger partial charge in [0.25, 0.3) is 5.69 Å². The molecule has 16 heavy (non-hydrogen) atoms. The predicted molar refractivity (Wildman–Crippen MR) is 50.4 cm³/mol. The number of halogens is 1. The maximum Gasteiger partial charge on any atom is 0.337 e. The van der Waals surface area contributed by atoms with Crippen LogP contribution in [-0.4, -0.2) is 21.1 Å². The molecule has 0 spiro atoms. The first-order chi connectivity index (χ1) is 7.34. The highest BCUT2D eigenvalue weighted by atomic mass is 19.1. The molecule has 1 unspecified atom stereocenters. The summed E-state index contributed by atoms with van der Waals surface area (Å²) in [5, 5.41) is 28.3. The maximum atomic E-state index is 13.0. The van der Waals surface area contributed by atoms with Crippen molar-refractivity contribution in [3.05, 3.63) is 39.2 Å². The van der Waals surface area contributed by atoms with Gasteiger partial charge in [-0.15, -0.1) is 0 Å². The molecule has 86 valence electrons. The summed E-state index contributed by atoms with van der Waals surface area (Å²) in [5.74, 6) is -2.56.